The Labute approximate surface area is 169 Å². The lowest BCUT2D eigenvalue weighted by Crippen LogP contribution is -2.21. The topological polar surface area (TPSA) is 113 Å². The highest BCUT2D eigenvalue weighted by atomic mass is 16.5. The molecular formula is C22H23N5O2. The fourth-order valence-corrected chi connectivity index (χ4v) is 3.18. The number of aliphatic imine (C=N–C) groups is 1. The van der Waals surface area contributed by atoms with E-state index in [0.29, 0.717) is 30.1 Å². The summed E-state index contributed by atoms with van der Waals surface area (Å²) in [5, 5.41) is 12.3. The Morgan fingerprint density at radius 1 is 1.45 bits per heavy atom. The van der Waals surface area contributed by atoms with E-state index < -0.39 is 0 Å². The van der Waals surface area contributed by atoms with Gasteiger partial charge < -0.3 is 15.8 Å². The van der Waals surface area contributed by atoms with Gasteiger partial charge in [0.1, 0.15) is 18.4 Å². The number of benzene rings is 1. The third-order valence-corrected chi connectivity index (χ3v) is 4.94. The molecule has 2 heterocycles. The van der Waals surface area contributed by atoms with Crippen molar-refractivity contribution in [3.63, 3.8) is 0 Å². The summed E-state index contributed by atoms with van der Waals surface area (Å²) >= 11 is 0. The minimum atomic E-state index is -0.238. The van der Waals surface area contributed by atoms with Crippen molar-refractivity contribution in [1.82, 2.24) is 10.3 Å². The van der Waals surface area contributed by atoms with Crippen molar-refractivity contribution in [1.29, 1.82) is 5.26 Å². The predicted octanol–water partition coefficient (Wildman–Crippen LogP) is 2.62. The number of ether oxygens (including phenoxy) is 1. The normalized spacial score (nSPS) is 13.4. The molecule has 0 saturated heterocycles. The van der Waals surface area contributed by atoms with Crippen molar-refractivity contribution < 1.29 is 9.53 Å². The number of cyclic esters (lactones) is 1. The molecule has 1 aromatic carbocycles. The largest absolute Gasteiger partial charge is 0.457 e. The molecule has 0 saturated carbocycles. The fraction of sp³-hybridized carbons (Fsp3) is 0.273. The van der Waals surface area contributed by atoms with Crippen molar-refractivity contribution in [2.45, 2.75) is 26.9 Å². The molecule has 7 heteroatoms. The smallest absolute Gasteiger partial charge is 0.338 e. The third kappa shape index (κ3) is 4.68. The Hall–Kier alpha value is -3.50. The molecular weight excluding hydrogens is 366 g/mol. The van der Waals surface area contributed by atoms with Crippen LogP contribution in [-0.4, -0.2) is 30.3 Å². The molecule has 0 radical (unpaired) electrons. The highest BCUT2D eigenvalue weighted by Crippen LogP contribution is 2.26. The van der Waals surface area contributed by atoms with Crippen LogP contribution in [-0.2, 0) is 17.8 Å². The fourth-order valence-electron chi connectivity index (χ4n) is 3.18. The van der Waals surface area contributed by atoms with E-state index in [-0.39, 0.29) is 5.97 Å². The first kappa shape index (κ1) is 20.2. The van der Waals surface area contributed by atoms with Crippen LogP contribution in [0.25, 0.3) is 0 Å². The first-order valence-corrected chi connectivity index (χ1v) is 9.34. The molecule has 148 valence electrons. The van der Waals surface area contributed by atoms with Crippen LogP contribution in [0, 0.1) is 25.2 Å². The van der Waals surface area contributed by atoms with Gasteiger partial charge in [0.05, 0.1) is 17.4 Å². The van der Waals surface area contributed by atoms with E-state index in [0.717, 1.165) is 35.2 Å². The minimum Gasteiger partial charge on any atom is -0.457 e. The summed E-state index contributed by atoms with van der Waals surface area (Å²) < 4.78 is 5.10. The molecule has 0 atom stereocenters. The second kappa shape index (κ2) is 9.13. The van der Waals surface area contributed by atoms with Crippen LogP contribution in [0.2, 0.25) is 0 Å². The van der Waals surface area contributed by atoms with Gasteiger partial charge >= 0.3 is 5.97 Å². The average Bonchev–Trinajstić information content (AvgIpc) is 3.10. The number of carbonyl (C=O) groups excluding carboxylic acids is 1. The van der Waals surface area contributed by atoms with Gasteiger partial charge in [-0.15, -0.1) is 0 Å². The van der Waals surface area contributed by atoms with Gasteiger partial charge in [0.25, 0.3) is 0 Å². The summed E-state index contributed by atoms with van der Waals surface area (Å²) in [6, 6.07) is 7.69. The number of hydrogen-bond acceptors (Lipinski definition) is 7. The predicted molar refractivity (Wildman–Crippen MR) is 111 cm³/mol. The zero-order chi connectivity index (χ0) is 20.8. The minimum absolute atomic E-state index is 0.238. The molecule has 3 rings (SSSR count). The molecule has 1 aliphatic rings. The number of esters is 1. The van der Waals surface area contributed by atoms with E-state index in [4.69, 9.17) is 15.7 Å². The van der Waals surface area contributed by atoms with E-state index in [1.165, 1.54) is 11.8 Å². The zero-order valence-corrected chi connectivity index (χ0v) is 16.5. The molecule has 0 fully saturated rings. The molecule has 0 unspecified atom stereocenters. The quantitative estimate of drug-likeness (QED) is 0.427. The van der Waals surface area contributed by atoms with Gasteiger partial charge in [-0.25, -0.2) is 9.78 Å². The molecule has 0 bridgehead atoms. The van der Waals surface area contributed by atoms with Gasteiger partial charge in [0, 0.05) is 18.3 Å². The van der Waals surface area contributed by atoms with Crippen LogP contribution in [0.1, 0.15) is 38.3 Å². The summed E-state index contributed by atoms with van der Waals surface area (Å²) in [4.78, 5) is 20.1. The highest BCUT2D eigenvalue weighted by molar-refractivity contribution is 5.93. The number of aryl methyl sites for hydroxylation is 1. The van der Waals surface area contributed by atoms with Gasteiger partial charge in [0.15, 0.2) is 0 Å². The first-order chi connectivity index (χ1) is 14.0. The van der Waals surface area contributed by atoms with Crippen molar-refractivity contribution in [3.8, 4) is 6.07 Å². The molecule has 1 aliphatic heterocycles. The van der Waals surface area contributed by atoms with Crippen molar-refractivity contribution in [3.05, 3.63) is 69.7 Å². The monoisotopic (exact) mass is 389 g/mol. The summed E-state index contributed by atoms with van der Waals surface area (Å²) in [7, 11) is 0. The Kier molecular flexibility index (Phi) is 6.37. The van der Waals surface area contributed by atoms with Crippen LogP contribution < -0.4 is 11.1 Å². The lowest BCUT2D eigenvalue weighted by molar-refractivity contribution is 0.0535. The maximum absolute atomic E-state index is 11.6. The van der Waals surface area contributed by atoms with E-state index in [2.05, 4.69) is 15.3 Å². The van der Waals surface area contributed by atoms with Crippen molar-refractivity contribution >= 4 is 17.9 Å². The Bertz CT molecular complexity index is 1030. The number of nitrogens with two attached hydrogens (primary N) is 1. The van der Waals surface area contributed by atoms with Crippen molar-refractivity contribution in [2.75, 3.05) is 13.1 Å². The molecule has 3 N–H and O–H groups in total. The SMILES string of the molecule is Cc1cc(N=CC(=CN)CNCCc2ccc3c(c2C)COC3=O)cnc1C#N. The number of carbonyl (C=O) groups is 1. The Balaban J connectivity index is 1.53. The standard InChI is InChI=1S/C22H23N5O2/c1-14-7-18(12-27-21(14)9-24)26-11-16(8-23)10-25-6-5-17-3-4-19-20(15(17)2)13-29-22(19)28/h3-4,7-8,11-12,25H,5-6,10,13,23H2,1-2H3. The number of fused-ring (bicyclic) bond motifs is 1. The lowest BCUT2D eigenvalue weighted by atomic mass is 9.97. The second-order valence-electron chi connectivity index (χ2n) is 6.85. The van der Waals surface area contributed by atoms with Crippen LogP contribution in [0.5, 0.6) is 0 Å². The van der Waals surface area contributed by atoms with Gasteiger partial charge in [-0.2, -0.15) is 5.26 Å². The van der Waals surface area contributed by atoms with E-state index in [9.17, 15) is 4.79 Å². The highest BCUT2D eigenvalue weighted by Gasteiger charge is 2.23. The molecule has 1 aromatic heterocycles. The number of rotatable bonds is 7. The van der Waals surface area contributed by atoms with Crippen LogP contribution in [0.3, 0.4) is 0 Å². The van der Waals surface area contributed by atoms with Gasteiger partial charge in [-0.1, -0.05) is 6.07 Å². The number of aromatic nitrogens is 1. The van der Waals surface area contributed by atoms with E-state index in [1.807, 2.05) is 38.1 Å². The summed E-state index contributed by atoms with van der Waals surface area (Å²) in [6.45, 7) is 5.56. The average molecular weight is 389 g/mol. The first-order valence-electron chi connectivity index (χ1n) is 9.34. The second-order valence-corrected chi connectivity index (χ2v) is 6.85. The molecule has 29 heavy (non-hydrogen) atoms. The van der Waals surface area contributed by atoms with Crippen molar-refractivity contribution in [2.24, 2.45) is 10.7 Å². The summed E-state index contributed by atoms with van der Waals surface area (Å²) in [5.74, 6) is -0.238. The van der Waals surface area contributed by atoms with Gasteiger partial charge in [0.2, 0.25) is 0 Å². The van der Waals surface area contributed by atoms with Crippen LogP contribution in [0.4, 0.5) is 5.69 Å². The van der Waals surface area contributed by atoms with E-state index in [1.54, 1.807) is 12.4 Å². The number of pyridine rings is 1. The van der Waals surface area contributed by atoms with Crippen LogP contribution >= 0.6 is 0 Å². The molecule has 2 aromatic rings. The Morgan fingerprint density at radius 3 is 3.00 bits per heavy atom. The third-order valence-electron chi connectivity index (χ3n) is 4.94. The number of nitrogens with one attached hydrogen (secondary N) is 1. The van der Waals surface area contributed by atoms with Gasteiger partial charge in [-0.3, -0.25) is 4.99 Å². The Morgan fingerprint density at radius 2 is 2.28 bits per heavy atom. The summed E-state index contributed by atoms with van der Waals surface area (Å²) in [5.41, 5.74) is 12.4. The molecule has 0 aliphatic carbocycles. The zero-order valence-electron chi connectivity index (χ0n) is 16.5. The van der Waals surface area contributed by atoms with E-state index >= 15 is 0 Å². The summed E-state index contributed by atoms with van der Waals surface area (Å²) in [6.07, 6.45) is 5.61. The molecule has 0 amide bonds. The molecule has 7 nitrogen and oxygen atoms in total. The maximum atomic E-state index is 11.6. The number of hydrogen-bond donors (Lipinski definition) is 2. The van der Waals surface area contributed by atoms with Crippen LogP contribution in [0.15, 0.2) is 41.2 Å². The number of nitrogens with zero attached hydrogens (tertiary/aromatic N) is 3. The molecule has 0 spiro atoms. The lowest BCUT2D eigenvalue weighted by Gasteiger charge is -2.10. The number of nitriles is 1. The maximum Gasteiger partial charge on any atom is 0.338 e. The van der Waals surface area contributed by atoms with Gasteiger partial charge in [-0.05, 0) is 67.4 Å².